The largest absolute Gasteiger partial charge is 0.480 e. The zero-order valence-electron chi connectivity index (χ0n) is 11.8. The Balaban J connectivity index is 1.97. The summed E-state index contributed by atoms with van der Waals surface area (Å²) in [6.07, 6.45) is 1.38. The third-order valence-corrected chi connectivity index (χ3v) is 3.64. The predicted octanol–water partition coefficient (Wildman–Crippen LogP) is 1.97. The number of carboxylic acid groups (broad SMARTS) is 1. The summed E-state index contributed by atoms with van der Waals surface area (Å²) in [5.41, 5.74) is 1.59. The number of benzene rings is 1. The zero-order chi connectivity index (χ0) is 15.4. The summed E-state index contributed by atoms with van der Waals surface area (Å²) in [4.78, 5) is 23.1. The number of piperidine rings is 1. The van der Waals surface area contributed by atoms with Crippen LogP contribution in [0.15, 0.2) is 18.2 Å². The third-order valence-electron chi connectivity index (χ3n) is 3.64. The smallest absolute Gasteiger partial charge is 0.329 e. The third kappa shape index (κ3) is 3.91. The van der Waals surface area contributed by atoms with Crippen LogP contribution in [0.3, 0.4) is 0 Å². The number of hydrogen-bond donors (Lipinski definition) is 1. The lowest BCUT2D eigenvalue weighted by atomic mass is 10.1. The van der Waals surface area contributed by atoms with Gasteiger partial charge in [-0.05, 0) is 25.8 Å². The quantitative estimate of drug-likeness (QED) is 0.659. The van der Waals surface area contributed by atoms with Gasteiger partial charge in [0, 0.05) is 30.4 Å². The van der Waals surface area contributed by atoms with Crippen molar-refractivity contribution >= 4 is 17.3 Å². The molecule has 0 radical (unpaired) electrons. The highest BCUT2D eigenvalue weighted by Gasteiger charge is 2.22. The van der Waals surface area contributed by atoms with E-state index in [2.05, 4.69) is 4.90 Å². The lowest BCUT2D eigenvalue weighted by molar-refractivity contribution is -0.385. The van der Waals surface area contributed by atoms with E-state index in [-0.39, 0.29) is 23.3 Å². The van der Waals surface area contributed by atoms with Crippen molar-refractivity contribution in [2.75, 3.05) is 24.6 Å². The molecule has 7 heteroatoms. The number of nitrogens with zero attached hydrogens (tertiary/aromatic N) is 2. The molecule has 0 atom stereocenters. The van der Waals surface area contributed by atoms with Crippen molar-refractivity contribution in [1.82, 2.24) is 0 Å². The van der Waals surface area contributed by atoms with Crippen molar-refractivity contribution in [2.24, 2.45) is 0 Å². The van der Waals surface area contributed by atoms with Gasteiger partial charge in [0.2, 0.25) is 0 Å². The Bertz CT molecular complexity index is 538. The molecule has 1 aliphatic heterocycles. The maximum Gasteiger partial charge on any atom is 0.329 e. The van der Waals surface area contributed by atoms with Gasteiger partial charge in [-0.15, -0.1) is 0 Å². The van der Waals surface area contributed by atoms with Crippen LogP contribution < -0.4 is 4.90 Å². The number of rotatable bonds is 5. The minimum absolute atomic E-state index is 0.0576. The standard InChI is InChI=1S/C14H18N2O5/c1-10-2-3-11(8-13(10)16(19)20)15-6-4-12(5-7-15)21-9-14(17)18/h2-3,8,12H,4-7,9H2,1H3,(H,17,18). The summed E-state index contributed by atoms with van der Waals surface area (Å²) in [5, 5.41) is 19.6. The van der Waals surface area contributed by atoms with Crippen LogP contribution in [0, 0.1) is 17.0 Å². The molecule has 1 N–H and O–H groups in total. The summed E-state index contributed by atoms with van der Waals surface area (Å²) in [7, 11) is 0. The van der Waals surface area contributed by atoms with Crippen LogP contribution in [0.2, 0.25) is 0 Å². The average molecular weight is 294 g/mol. The number of aryl methyl sites for hydroxylation is 1. The van der Waals surface area contributed by atoms with Crippen molar-refractivity contribution in [1.29, 1.82) is 0 Å². The molecule has 0 amide bonds. The fourth-order valence-electron chi connectivity index (χ4n) is 2.46. The second-order valence-corrected chi connectivity index (χ2v) is 5.12. The molecular formula is C14H18N2O5. The minimum Gasteiger partial charge on any atom is -0.480 e. The monoisotopic (exact) mass is 294 g/mol. The van der Waals surface area contributed by atoms with E-state index in [0.717, 1.165) is 18.5 Å². The van der Waals surface area contributed by atoms with Crippen LogP contribution in [0.25, 0.3) is 0 Å². The summed E-state index contributed by atoms with van der Waals surface area (Å²) in [5.74, 6) is -0.966. The minimum atomic E-state index is -0.966. The maximum absolute atomic E-state index is 11.0. The van der Waals surface area contributed by atoms with Crippen molar-refractivity contribution in [2.45, 2.75) is 25.9 Å². The van der Waals surface area contributed by atoms with Gasteiger partial charge < -0.3 is 14.7 Å². The van der Waals surface area contributed by atoms with Crippen molar-refractivity contribution in [3.8, 4) is 0 Å². The van der Waals surface area contributed by atoms with Gasteiger partial charge in [0.15, 0.2) is 0 Å². The van der Waals surface area contributed by atoms with Gasteiger partial charge in [0.05, 0.1) is 11.0 Å². The van der Waals surface area contributed by atoms with E-state index >= 15 is 0 Å². The van der Waals surface area contributed by atoms with E-state index in [0.29, 0.717) is 18.7 Å². The number of carbonyl (C=O) groups is 1. The van der Waals surface area contributed by atoms with Crippen LogP contribution in [-0.4, -0.2) is 41.8 Å². The van der Waals surface area contributed by atoms with E-state index in [4.69, 9.17) is 9.84 Å². The van der Waals surface area contributed by atoms with Gasteiger partial charge in [-0.2, -0.15) is 0 Å². The molecule has 1 saturated heterocycles. The number of ether oxygens (including phenoxy) is 1. The van der Waals surface area contributed by atoms with E-state index in [9.17, 15) is 14.9 Å². The zero-order valence-corrected chi connectivity index (χ0v) is 11.8. The summed E-state index contributed by atoms with van der Waals surface area (Å²) < 4.78 is 5.28. The first-order valence-electron chi connectivity index (χ1n) is 6.81. The number of anilines is 1. The summed E-state index contributed by atoms with van der Waals surface area (Å²) in [6.45, 7) is 2.84. The number of nitro benzene ring substituents is 1. The first-order valence-corrected chi connectivity index (χ1v) is 6.81. The highest BCUT2D eigenvalue weighted by Crippen LogP contribution is 2.27. The van der Waals surface area contributed by atoms with Crippen LogP contribution >= 0.6 is 0 Å². The Morgan fingerprint density at radius 3 is 2.71 bits per heavy atom. The fraction of sp³-hybridized carbons (Fsp3) is 0.500. The first kappa shape index (κ1) is 15.2. The number of carboxylic acids is 1. The van der Waals surface area contributed by atoms with Crippen molar-refractivity contribution in [3.05, 3.63) is 33.9 Å². The van der Waals surface area contributed by atoms with E-state index in [1.54, 1.807) is 19.1 Å². The molecule has 1 aromatic carbocycles. The van der Waals surface area contributed by atoms with Crippen molar-refractivity contribution in [3.63, 3.8) is 0 Å². The Morgan fingerprint density at radius 2 is 2.14 bits per heavy atom. The topological polar surface area (TPSA) is 92.9 Å². The van der Waals surface area contributed by atoms with E-state index < -0.39 is 5.97 Å². The van der Waals surface area contributed by atoms with Gasteiger partial charge in [0.25, 0.3) is 5.69 Å². The number of nitro groups is 1. The molecule has 2 rings (SSSR count). The fourth-order valence-corrected chi connectivity index (χ4v) is 2.46. The van der Waals surface area contributed by atoms with Crippen molar-refractivity contribution < 1.29 is 19.6 Å². The Labute approximate surface area is 122 Å². The summed E-state index contributed by atoms with van der Waals surface area (Å²) in [6, 6.07) is 5.22. The molecule has 0 unspecified atom stereocenters. The normalized spacial score (nSPS) is 16.0. The van der Waals surface area contributed by atoms with E-state index in [1.807, 2.05) is 6.07 Å². The van der Waals surface area contributed by atoms with Gasteiger partial charge in [-0.25, -0.2) is 4.79 Å². The molecule has 0 aliphatic carbocycles. The second-order valence-electron chi connectivity index (χ2n) is 5.12. The SMILES string of the molecule is Cc1ccc(N2CCC(OCC(=O)O)CC2)cc1[N+](=O)[O-]. The molecule has 21 heavy (non-hydrogen) atoms. The lowest BCUT2D eigenvalue weighted by Gasteiger charge is -2.33. The van der Waals surface area contributed by atoms with Gasteiger partial charge in [0.1, 0.15) is 6.61 Å². The average Bonchev–Trinajstić information content (AvgIpc) is 2.46. The predicted molar refractivity (Wildman–Crippen MR) is 76.7 cm³/mol. The van der Waals surface area contributed by atoms with Crippen LogP contribution in [0.4, 0.5) is 11.4 Å². The van der Waals surface area contributed by atoms with Crippen LogP contribution in [0.5, 0.6) is 0 Å². The molecule has 1 aromatic rings. The molecule has 0 aromatic heterocycles. The van der Waals surface area contributed by atoms with E-state index in [1.165, 1.54) is 0 Å². The molecule has 1 heterocycles. The molecular weight excluding hydrogens is 276 g/mol. The number of aliphatic carboxylic acids is 1. The molecule has 1 aliphatic rings. The van der Waals surface area contributed by atoms with Crippen LogP contribution in [0.1, 0.15) is 18.4 Å². The van der Waals surface area contributed by atoms with Gasteiger partial charge in [-0.1, -0.05) is 6.07 Å². The Hall–Kier alpha value is -2.15. The Morgan fingerprint density at radius 1 is 1.48 bits per heavy atom. The first-order chi connectivity index (χ1) is 9.97. The molecule has 7 nitrogen and oxygen atoms in total. The second kappa shape index (κ2) is 6.53. The molecule has 1 fully saturated rings. The maximum atomic E-state index is 11.0. The highest BCUT2D eigenvalue weighted by molar-refractivity contribution is 5.68. The highest BCUT2D eigenvalue weighted by atomic mass is 16.6. The molecule has 0 saturated carbocycles. The van der Waals surface area contributed by atoms with Gasteiger partial charge >= 0.3 is 5.97 Å². The molecule has 0 spiro atoms. The molecule has 114 valence electrons. The Kier molecular flexibility index (Phi) is 4.74. The summed E-state index contributed by atoms with van der Waals surface area (Å²) >= 11 is 0. The lowest BCUT2D eigenvalue weighted by Crippen LogP contribution is -2.37. The van der Waals surface area contributed by atoms with Crippen LogP contribution in [-0.2, 0) is 9.53 Å². The number of hydrogen-bond acceptors (Lipinski definition) is 5. The molecule has 0 bridgehead atoms. The van der Waals surface area contributed by atoms with Gasteiger partial charge in [-0.3, -0.25) is 10.1 Å².